The van der Waals surface area contributed by atoms with Crippen LogP contribution < -0.4 is 5.32 Å². The van der Waals surface area contributed by atoms with Gasteiger partial charge in [0.15, 0.2) is 0 Å². The molecule has 0 bridgehead atoms. The van der Waals surface area contributed by atoms with Crippen molar-refractivity contribution in [2.75, 3.05) is 13.1 Å². The summed E-state index contributed by atoms with van der Waals surface area (Å²) in [5.41, 5.74) is 2.44. The number of nitrogens with one attached hydrogen (secondary N) is 1. The summed E-state index contributed by atoms with van der Waals surface area (Å²) in [6, 6.07) is 0. The van der Waals surface area contributed by atoms with Crippen molar-refractivity contribution in [3.05, 3.63) is 34.3 Å². The van der Waals surface area contributed by atoms with Crippen LogP contribution in [0.1, 0.15) is 50.5 Å². The molecule has 0 amide bonds. The summed E-state index contributed by atoms with van der Waals surface area (Å²) >= 11 is 1.73. The number of imidazole rings is 1. The summed E-state index contributed by atoms with van der Waals surface area (Å²) in [5.74, 6) is 0. The van der Waals surface area contributed by atoms with Crippen LogP contribution in [0.4, 0.5) is 0 Å². The number of aromatic nitrogens is 3. The van der Waals surface area contributed by atoms with Gasteiger partial charge in [-0.1, -0.05) is 27.7 Å². The van der Waals surface area contributed by atoms with Crippen LogP contribution in [-0.4, -0.2) is 27.6 Å². The van der Waals surface area contributed by atoms with Crippen molar-refractivity contribution in [3.63, 3.8) is 0 Å². The molecule has 2 heterocycles. The summed E-state index contributed by atoms with van der Waals surface area (Å²) in [5, 5.41) is 6.72. The molecule has 0 atom stereocenters. The Bertz CT molecular complexity index is 551. The first kappa shape index (κ1) is 16.2. The van der Waals surface area contributed by atoms with Gasteiger partial charge in [0.2, 0.25) is 0 Å². The highest BCUT2D eigenvalue weighted by molar-refractivity contribution is 7.09. The fourth-order valence-electron chi connectivity index (χ4n) is 2.02. The second-order valence-electron chi connectivity index (χ2n) is 6.41. The van der Waals surface area contributed by atoms with E-state index in [-0.39, 0.29) is 5.41 Å². The van der Waals surface area contributed by atoms with Gasteiger partial charge in [-0.05, 0) is 13.0 Å². The van der Waals surface area contributed by atoms with Gasteiger partial charge in [-0.2, -0.15) is 0 Å². The lowest BCUT2D eigenvalue weighted by Crippen LogP contribution is -2.17. The van der Waals surface area contributed by atoms with E-state index in [1.54, 1.807) is 11.3 Å². The summed E-state index contributed by atoms with van der Waals surface area (Å²) in [6.07, 6.45) is 6.20. The van der Waals surface area contributed by atoms with Crippen LogP contribution in [0.3, 0.4) is 0 Å². The number of nitrogens with zero attached hydrogens (tertiary/aromatic N) is 3. The fraction of sp³-hybridized carbons (Fsp3) is 0.625. The molecule has 21 heavy (non-hydrogen) atoms. The lowest BCUT2D eigenvalue weighted by Gasteiger charge is -2.14. The SMILES string of the molecule is CCCNCCc1cn(Cc2nc(C(C)(C)C)cs2)cn1. The zero-order chi connectivity index (χ0) is 15.3. The maximum absolute atomic E-state index is 4.73. The van der Waals surface area contributed by atoms with Gasteiger partial charge in [0.25, 0.3) is 0 Å². The van der Waals surface area contributed by atoms with Gasteiger partial charge >= 0.3 is 0 Å². The fourth-order valence-corrected chi connectivity index (χ4v) is 3.05. The Morgan fingerprint density at radius 3 is 2.76 bits per heavy atom. The maximum Gasteiger partial charge on any atom is 0.113 e. The number of rotatable bonds is 7. The third kappa shape index (κ3) is 4.93. The minimum Gasteiger partial charge on any atom is -0.330 e. The van der Waals surface area contributed by atoms with Crippen molar-refractivity contribution in [1.29, 1.82) is 0 Å². The molecule has 0 aromatic carbocycles. The van der Waals surface area contributed by atoms with Crippen LogP contribution >= 0.6 is 11.3 Å². The lowest BCUT2D eigenvalue weighted by atomic mass is 9.93. The Hall–Kier alpha value is -1.20. The van der Waals surface area contributed by atoms with Crippen molar-refractivity contribution in [1.82, 2.24) is 19.9 Å². The Morgan fingerprint density at radius 1 is 1.29 bits per heavy atom. The maximum atomic E-state index is 4.73. The van der Waals surface area contributed by atoms with E-state index in [2.05, 4.69) is 54.1 Å². The molecular weight excluding hydrogens is 280 g/mol. The third-order valence-electron chi connectivity index (χ3n) is 3.31. The average Bonchev–Trinajstić information content (AvgIpc) is 3.04. The average molecular weight is 306 g/mol. The second kappa shape index (κ2) is 7.18. The molecule has 0 saturated carbocycles. The number of hydrogen-bond donors (Lipinski definition) is 1. The van der Waals surface area contributed by atoms with Gasteiger partial charge in [-0.25, -0.2) is 9.97 Å². The first-order valence-corrected chi connectivity index (χ1v) is 8.53. The Morgan fingerprint density at radius 2 is 2.10 bits per heavy atom. The van der Waals surface area contributed by atoms with Gasteiger partial charge in [-0.15, -0.1) is 11.3 Å². The zero-order valence-corrected chi connectivity index (χ0v) is 14.3. The highest BCUT2D eigenvalue weighted by Gasteiger charge is 2.17. The van der Waals surface area contributed by atoms with E-state index in [9.17, 15) is 0 Å². The van der Waals surface area contributed by atoms with Crippen molar-refractivity contribution in [2.24, 2.45) is 0 Å². The molecule has 116 valence electrons. The van der Waals surface area contributed by atoms with Crippen LogP contribution in [0.15, 0.2) is 17.9 Å². The monoisotopic (exact) mass is 306 g/mol. The van der Waals surface area contributed by atoms with E-state index in [4.69, 9.17) is 4.98 Å². The molecule has 4 nitrogen and oxygen atoms in total. The molecule has 5 heteroatoms. The molecule has 0 aliphatic heterocycles. The van der Waals surface area contributed by atoms with Crippen LogP contribution in [0.5, 0.6) is 0 Å². The Kier molecular flexibility index (Phi) is 5.53. The van der Waals surface area contributed by atoms with E-state index >= 15 is 0 Å². The number of thiazole rings is 1. The second-order valence-corrected chi connectivity index (χ2v) is 7.36. The molecule has 0 aliphatic carbocycles. The quantitative estimate of drug-likeness (QED) is 0.799. The minimum absolute atomic E-state index is 0.125. The standard InChI is InChI=1S/C16H26N4S/c1-5-7-17-8-6-13-9-20(12-18-13)10-15-19-14(11-21-15)16(2,3)4/h9,11-12,17H,5-8,10H2,1-4H3. The van der Waals surface area contributed by atoms with Crippen molar-refractivity contribution < 1.29 is 0 Å². The molecule has 0 unspecified atom stereocenters. The largest absolute Gasteiger partial charge is 0.330 e. The van der Waals surface area contributed by atoms with Crippen molar-refractivity contribution in [2.45, 2.75) is 52.5 Å². The van der Waals surface area contributed by atoms with Crippen LogP contribution in [0.2, 0.25) is 0 Å². The van der Waals surface area contributed by atoms with Gasteiger partial charge in [0, 0.05) is 30.0 Å². The van der Waals surface area contributed by atoms with Gasteiger partial charge in [0.05, 0.1) is 24.3 Å². The predicted octanol–water partition coefficient (Wildman–Crippen LogP) is 3.23. The molecule has 2 aromatic heterocycles. The molecule has 1 N–H and O–H groups in total. The van der Waals surface area contributed by atoms with E-state index in [0.717, 1.165) is 36.8 Å². The predicted molar refractivity (Wildman–Crippen MR) is 89.0 cm³/mol. The zero-order valence-electron chi connectivity index (χ0n) is 13.5. The minimum atomic E-state index is 0.125. The van der Waals surface area contributed by atoms with Gasteiger partial charge < -0.3 is 9.88 Å². The first-order valence-electron chi connectivity index (χ1n) is 7.65. The third-order valence-corrected chi connectivity index (χ3v) is 4.14. The summed E-state index contributed by atoms with van der Waals surface area (Å²) in [6.45, 7) is 11.7. The summed E-state index contributed by atoms with van der Waals surface area (Å²) in [4.78, 5) is 9.20. The number of hydrogen-bond acceptors (Lipinski definition) is 4. The van der Waals surface area contributed by atoms with Gasteiger partial charge in [-0.3, -0.25) is 0 Å². The molecular formula is C16H26N4S. The Labute approximate surface area is 131 Å². The van der Waals surface area contributed by atoms with E-state index in [1.807, 2.05) is 6.33 Å². The highest BCUT2D eigenvalue weighted by Crippen LogP contribution is 2.24. The molecule has 2 aromatic rings. The van der Waals surface area contributed by atoms with Crippen LogP contribution in [-0.2, 0) is 18.4 Å². The van der Waals surface area contributed by atoms with Crippen LogP contribution in [0.25, 0.3) is 0 Å². The summed E-state index contributed by atoms with van der Waals surface area (Å²) < 4.78 is 2.13. The van der Waals surface area contributed by atoms with Gasteiger partial charge in [0.1, 0.15) is 5.01 Å². The normalized spacial score (nSPS) is 12.0. The topological polar surface area (TPSA) is 42.7 Å². The molecule has 0 saturated heterocycles. The van der Waals surface area contributed by atoms with E-state index in [1.165, 1.54) is 12.1 Å². The Balaban J connectivity index is 1.89. The summed E-state index contributed by atoms with van der Waals surface area (Å²) in [7, 11) is 0. The molecule has 0 aliphatic rings. The van der Waals surface area contributed by atoms with E-state index < -0.39 is 0 Å². The van der Waals surface area contributed by atoms with Crippen LogP contribution in [0, 0.1) is 0 Å². The lowest BCUT2D eigenvalue weighted by molar-refractivity contribution is 0.569. The molecule has 2 rings (SSSR count). The smallest absolute Gasteiger partial charge is 0.113 e. The van der Waals surface area contributed by atoms with Crippen molar-refractivity contribution >= 4 is 11.3 Å². The molecule has 0 fully saturated rings. The van der Waals surface area contributed by atoms with E-state index in [0.29, 0.717) is 0 Å². The first-order chi connectivity index (χ1) is 9.99. The molecule has 0 spiro atoms. The highest BCUT2D eigenvalue weighted by atomic mass is 32.1. The molecule has 0 radical (unpaired) electrons. The van der Waals surface area contributed by atoms with Crippen molar-refractivity contribution in [3.8, 4) is 0 Å².